The van der Waals surface area contributed by atoms with E-state index in [2.05, 4.69) is 28.1 Å². The first kappa shape index (κ1) is 17.5. The second-order valence-corrected chi connectivity index (χ2v) is 5.82. The number of nitrogens with one attached hydrogen (secondary N) is 3. The van der Waals surface area contributed by atoms with E-state index in [1.807, 2.05) is 6.92 Å². The number of carbonyl (C=O) groups excluding carboxylic acids is 2. The van der Waals surface area contributed by atoms with Crippen LogP contribution in [0.4, 0.5) is 4.79 Å². The van der Waals surface area contributed by atoms with E-state index in [9.17, 15) is 9.59 Å². The average molecular weight is 296 g/mol. The van der Waals surface area contributed by atoms with Crippen LogP contribution < -0.4 is 16.1 Å². The number of rotatable bonds is 6. The molecule has 0 aromatic rings. The van der Waals surface area contributed by atoms with Gasteiger partial charge in [0, 0.05) is 25.7 Å². The Balaban J connectivity index is 2.17. The molecular weight excluding hydrogens is 268 g/mol. The molecule has 1 atom stereocenters. The van der Waals surface area contributed by atoms with Crippen LogP contribution in [0.25, 0.3) is 0 Å². The average Bonchev–Trinajstić information content (AvgIpc) is 2.52. The van der Waals surface area contributed by atoms with Crippen LogP contribution in [0.2, 0.25) is 0 Å². The molecule has 1 aliphatic carbocycles. The Hall–Kier alpha value is -1.59. The normalized spacial score (nSPS) is 23.6. The standard InChI is InChI=1S/C15H28N4O2/c1-4-11(2)9-18-19-15(21)17-10-12-5-7-13(8-6-12)14(20)16-3/h9,11-13H,4-8,10H2,1-3H3,(H,16,20)(H2,17,19,21)/b18-9+. The van der Waals surface area contributed by atoms with Gasteiger partial charge in [0.25, 0.3) is 0 Å². The number of hydrogen-bond donors (Lipinski definition) is 3. The minimum atomic E-state index is -0.261. The van der Waals surface area contributed by atoms with Crippen molar-refractivity contribution in [3.63, 3.8) is 0 Å². The first-order valence-electron chi connectivity index (χ1n) is 7.85. The molecule has 21 heavy (non-hydrogen) atoms. The zero-order valence-electron chi connectivity index (χ0n) is 13.3. The van der Waals surface area contributed by atoms with Crippen molar-refractivity contribution in [1.82, 2.24) is 16.1 Å². The highest BCUT2D eigenvalue weighted by Crippen LogP contribution is 2.28. The second-order valence-electron chi connectivity index (χ2n) is 5.82. The number of carbonyl (C=O) groups is 2. The molecule has 1 fully saturated rings. The Kier molecular flexibility index (Phi) is 7.79. The summed E-state index contributed by atoms with van der Waals surface area (Å²) in [7, 11) is 1.68. The molecule has 0 saturated heterocycles. The van der Waals surface area contributed by atoms with E-state index >= 15 is 0 Å². The Labute approximate surface area is 127 Å². The van der Waals surface area contributed by atoms with Gasteiger partial charge >= 0.3 is 6.03 Å². The fourth-order valence-corrected chi connectivity index (χ4v) is 2.44. The summed E-state index contributed by atoms with van der Waals surface area (Å²) in [5.74, 6) is 1.10. The maximum Gasteiger partial charge on any atom is 0.335 e. The molecule has 3 N–H and O–H groups in total. The Morgan fingerprint density at radius 3 is 2.52 bits per heavy atom. The molecule has 1 saturated carbocycles. The van der Waals surface area contributed by atoms with Crippen LogP contribution in [-0.2, 0) is 4.79 Å². The molecule has 0 heterocycles. The van der Waals surface area contributed by atoms with Crippen molar-refractivity contribution < 1.29 is 9.59 Å². The monoisotopic (exact) mass is 296 g/mol. The van der Waals surface area contributed by atoms with Crippen LogP contribution in [0, 0.1) is 17.8 Å². The van der Waals surface area contributed by atoms with Crippen molar-refractivity contribution >= 4 is 18.2 Å². The van der Waals surface area contributed by atoms with Gasteiger partial charge in [-0.1, -0.05) is 13.8 Å². The van der Waals surface area contributed by atoms with Crippen LogP contribution in [0.1, 0.15) is 46.0 Å². The van der Waals surface area contributed by atoms with Gasteiger partial charge in [0.05, 0.1) is 0 Å². The Bertz CT molecular complexity index is 363. The van der Waals surface area contributed by atoms with E-state index in [4.69, 9.17) is 0 Å². The molecule has 1 rings (SSSR count). The zero-order valence-corrected chi connectivity index (χ0v) is 13.3. The molecule has 1 aliphatic rings. The van der Waals surface area contributed by atoms with Gasteiger partial charge in [-0.2, -0.15) is 5.10 Å². The molecule has 0 bridgehead atoms. The van der Waals surface area contributed by atoms with E-state index < -0.39 is 0 Å². The van der Waals surface area contributed by atoms with E-state index in [0.717, 1.165) is 32.1 Å². The molecular formula is C15H28N4O2. The lowest BCUT2D eigenvalue weighted by molar-refractivity contribution is -0.125. The Morgan fingerprint density at radius 1 is 1.29 bits per heavy atom. The summed E-state index contributed by atoms with van der Waals surface area (Å²) in [6.45, 7) is 4.77. The number of urea groups is 1. The molecule has 0 aromatic carbocycles. The molecule has 6 nitrogen and oxygen atoms in total. The van der Waals surface area contributed by atoms with E-state index in [1.165, 1.54) is 0 Å². The minimum Gasteiger partial charge on any atom is -0.359 e. The molecule has 0 spiro atoms. The molecule has 1 unspecified atom stereocenters. The van der Waals surface area contributed by atoms with Crippen LogP contribution >= 0.6 is 0 Å². The summed E-state index contributed by atoms with van der Waals surface area (Å²) >= 11 is 0. The van der Waals surface area contributed by atoms with Crippen LogP contribution in [-0.4, -0.2) is 31.7 Å². The van der Waals surface area contributed by atoms with Crippen molar-refractivity contribution in [1.29, 1.82) is 0 Å². The van der Waals surface area contributed by atoms with Crippen molar-refractivity contribution in [2.45, 2.75) is 46.0 Å². The first-order valence-corrected chi connectivity index (χ1v) is 7.85. The van der Waals surface area contributed by atoms with Gasteiger partial charge in [-0.25, -0.2) is 10.2 Å². The third-order valence-corrected chi connectivity index (χ3v) is 4.15. The quantitative estimate of drug-likeness (QED) is 0.516. The van der Waals surface area contributed by atoms with Gasteiger partial charge in [-0.05, 0) is 43.9 Å². The Morgan fingerprint density at radius 2 is 1.95 bits per heavy atom. The van der Waals surface area contributed by atoms with Gasteiger partial charge in [0.1, 0.15) is 0 Å². The minimum absolute atomic E-state index is 0.138. The molecule has 0 aliphatic heterocycles. The van der Waals surface area contributed by atoms with Crippen molar-refractivity contribution in [2.24, 2.45) is 22.9 Å². The highest BCUT2D eigenvalue weighted by atomic mass is 16.2. The smallest absolute Gasteiger partial charge is 0.335 e. The topological polar surface area (TPSA) is 82.6 Å². The highest BCUT2D eigenvalue weighted by Gasteiger charge is 2.25. The molecule has 6 heteroatoms. The van der Waals surface area contributed by atoms with Crippen LogP contribution in [0.3, 0.4) is 0 Å². The van der Waals surface area contributed by atoms with Crippen molar-refractivity contribution in [2.75, 3.05) is 13.6 Å². The summed E-state index contributed by atoms with van der Waals surface area (Å²) in [6, 6.07) is -0.261. The SMILES string of the molecule is CCC(C)/C=N/NC(=O)NCC1CCC(C(=O)NC)CC1. The summed E-state index contributed by atoms with van der Waals surface area (Å²) in [5.41, 5.74) is 2.48. The van der Waals surface area contributed by atoms with Crippen molar-refractivity contribution in [3.8, 4) is 0 Å². The van der Waals surface area contributed by atoms with Gasteiger partial charge < -0.3 is 10.6 Å². The van der Waals surface area contributed by atoms with E-state index in [1.54, 1.807) is 13.3 Å². The summed E-state index contributed by atoms with van der Waals surface area (Å²) in [6.07, 6.45) is 6.51. The third kappa shape index (κ3) is 6.60. The van der Waals surface area contributed by atoms with Crippen molar-refractivity contribution in [3.05, 3.63) is 0 Å². The molecule has 0 radical (unpaired) electrons. The van der Waals surface area contributed by atoms with Crippen LogP contribution in [0.15, 0.2) is 5.10 Å². The van der Waals surface area contributed by atoms with E-state index in [0.29, 0.717) is 18.4 Å². The fraction of sp³-hybridized carbons (Fsp3) is 0.800. The zero-order chi connectivity index (χ0) is 15.7. The maximum absolute atomic E-state index is 11.6. The second kappa shape index (κ2) is 9.37. The number of nitrogens with zero attached hydrogens (tertiary/aromatic N) is 1. The van der Waals surface area contributed by atoms with E-state index in [-0.39, 0.29) is 17.9 Å². The first-order chi connectivity index (χ1) is 10.1. The van der Waals surface area contributed by atoms with Gasteiger partial charge in [0.2, 0.25) is 5.91 Å². The molecule has 0 aromatic heterocycles. The summed E-state index contributed by atoms with van der Waals surface area (Å²) < 4.78 is 0. The highest BCUT2D eigenvalue weighted by molar-refractivity contribution is 5.78. The largest absolute Gasteiger partial charge is 0.359 e. The predicted molar refractivity (Wildman–Crippen MR) is 84.0 cm³/mol. The van der Waals surface area contributed by atoms with Gasteiger partial charge in [-0.15, -0.1) is 0 Å². The lowest BCUT2D eigenvalue weighted by Gasteiger charge is -2.27. The maximum atomic E-state index is 11.6. The fourth-order valence-electron chi connectivity index (χ4n) is 2.44. The lowest BCUT2D eigenvalue weighted by atomic mass is 9.81. The predicted octanol–water partition coefficient (Wildman–Crippen LogP) is 1.87. The molecule has 120 valence electrons. The number of hydrazone groups is 1. The molecule has 3 amide bonds. The van der Waals surface area contributed by atoms with Gasteiger partial charge in [0.15, 0.2) is 0 Å². The summed E-state index contributed by atoms with van der Waals surface area (Å²) in [4.78, 5) is 23.1. The lowest BCUT2D eigenvalue weighted by Crippen LogP contribution is -2.38. The third-order valence-electron chi connectivity index (χ3n) is 4.15. The number of amides is 3. The number of hydrogen-bond acceptors (Lipinski definition) is 3. The van der Waals surface area contributed by atoms with Gasteiger partial charge in [-0.3, -0.25) is 4.79 Å². The summed E-state index contributed by atoms with van der Waals surface area (Å²) in [5, 5.41) is 9.45. The van der Waals surface area contributed by atoms with Crippen LogP contribution in [0.5, 0.6) is 0 Å².